The molecule has 90 heavy (non-hydrogen) atoms. The number of phosphoric acid groups is 2. The Labute approximate surface area is 549 Å². The summed E-state index contributed by atoms with van der Waals surface area (Å²) in [6.45, 7) is 14.1. The van der Waals surface area contributed by atoms with Gasteiger partial charge in [-0.15, -0.1) is 0 Å². The van der Waals surface area contributed by atoms with Gasteiger partial charge >= 0.3 is 39.5 Å². The maximum atomic E-state index is 13.0. The van der Waals surface area contributed by atoms with Crippen molar-refractivity contribution < 1.29 is 80.2 Å². The highest BCUT2D eigenvalue weighted by molar-refractivity contribution is 7.47. The molecule has 0 aromatic heterocycles. The van der Waals surface area contributed by atoms with E-state index < -0.39 is 97.5 Å². The van der Waals surface area contributed by atoms with Crippen LogP contribution in [-0.2, 0) is 65.4 Å². The summed E-state index contributed by atoms with van der Waals surface area (Å²) < 4.78 is 68.3. The first-order valence-corrected chi connectivity index (χ1v) is 39.8. The lowest BCUT2D eigenvalue weighted by Gasteiger charge is -2.21. The predicted octanol–water partition coefficient (Wildman–Crippen LogP) is 20.1. The average molecular weight is 1330 g/mol. The zero-order valence-electron chi connectivity index (χ0n) is 58.8. The molecule has 0 spiro atoms. The van der Waals surface area contributed by atoms with Crippen molar-refractivity contribution in [2.75, 3.05) is 39.6 Å². The van der Waals surface area contributed by atoms with Gasteiger partial charge in [-0.2, -0.15) is 0 Å². The van der Waals surface area contributed by atoms with Gasteiger partial charge in [0.05, 0.1) is 26.4 Å². The fraction of sp³-hybridized carbons (Fsp3) is 0.944. The Hall–Kier alpha value is -1.94. The average Bonchev–Trinajstić information content (AvgIpc) is 3.66. The quantitative estimate of drug-likeness (QED) is 0.0222. The molecule has 0 bridgehead atoms. The molecule has 17 nitrogen and oxygen atoms in total. The number of esters is 4. The second-order valence-electron chi connectivity index (χ2n) is 27.1. The number of rotatable bonds is 68. The van der Waals surface area contributed by atoms with Gasteiger partial charge in [0.2, 0.25) is 0 Å². The van der Waals surface area contributed by atoms with Crippen LogP contribution in [0.15, 0.2) is 0 Å². The van der Waals surface area contributed by atoms with Crippen LogP contribution in [0.25, 0.3) is 0 Å². The van der Waals surface area contributed by atoms with E-state index >= 15 is 0 Å². The van der Waals surface area contributed by atoms with E-state index in [0.717, 1.165) is 120 Å². The number of aliphatic hydroxyl groups is 1. The smallest absolute Gasteiger partial charge is 0.462 e. The van der Waals surface area contributed by atoms with Gasteiger partial charge in [-0.1, -0.05) is 299 Å². The van der Waals surface area contributed by atoms with Crippen LogP contribution in [0.5, 0.6) is 0 Å². The van der Waals surface area contributed by atoms with Gasteiger partial charge < -0.3 is 33.8 Å². The zero-order chi connectivity index (χ0) is 66.8. The summed E-state index contributed by atoms with van der Waals surface area (Å²) >= 11 is 0. The van der Waals surface area contributed by atoms with Crippen molar-refractivity contribution in [2.45, 2.75) is 369 Å². The van der Waals surface area contributed by atoms with Gasteiger partial charge in [0, 0.05) is 25.7 Å². The van der Waals surface area contributed by atoms with Gasteiger partial charge in [-0.3, -0.25) is 37.3 Å². The number of aliphatic hydroxyl groups excluding tert-OH is 1. The van der Waals surface area contributed by atoms with Gasteiger partial charge in [-0.05, 0) is 49.4 Å². The Kier molecular flexibility index (Phi) is 59.4. The molecule has 0 radical (unpaired) electrons. The first kappa shape index (κ1) is 88.1. The fourth-order valence-corrected chi connectivity index (χ4v) is 12.2. The molecule has 0 rings (SSSR count). The number of phosphoric ester groups is 2. The van der Waals surface area contributed by atoms with Crippen molar-refractivity contribution in [1.29, 1.82) is 0 Å². The van der Waals surface area contributed by atoms with Crippen molar-refractivity contribution >= 4 is 39.5 Å². The molecule has 534 valence electrons. The standard InChI is InChI=1S/C71H138O17P2/c1-9-63(7)49-41-33-24-20-15-13-11-12-14-16-21-25-37-45-53-70(75)88-67(58-82-69(74)52-44-36-30-28-34-42-50-64(8)10-2)60-86-90(79,80)84-56-65(72)55-83-89(77,78)85-59-66(57-81-68(73)51-43-35-29-27-32-40-48-62(5)6)87-71(76)54-46-38-26-22-18-17-19-23-31-39-47-61(3)4/h61-67,72H,9-60H2,1-8H3,(H,77,78)(H,79,80)/t63?,64?,65-,66+,67+/m0/s1. The van der Waals surface area contributed by atoms with E-state index in [1.165, 1.54) is 141 Å². The molecule has 3 N–H and O–H groups in total. The minimum Gasteiger partial charge on any atom is -0.462 e. The molecule has 0 heterocycles. The van der Waals surface area contributed by atoms with Crippen LogP contribution in [0.1, 0.15) is 351 Å². The Morgan fingerprint density at radius 3 is 0.789 bits per heavy atom. The SMILES string of the molecule is CCC(C)CCCCCCCCCCCCCCCCC(=O)O[C@H](COC(=O)CCCCCCCCC(C)CC)COP(=O)(O)OC[C@@H](O)COP(=O)(O)OC[C@@H](COC(=O)CCCCCCCCC(C)C)OC(=O)CCCCCCCCCCCCC(C)C. The minimum absolute atomic E-state index is 0.104. The van der Waals surface area contributed by atoms with E-state index in [1.807, 2.05) is 0 Å². The van der Waals surface area contributed by atoms with E-state index in [2.05, 4.69) is 55.4 Å². The largest absolute Gasteiger partial charge is 0.472 e. The monoisotopic (exact) mass is 1320 g/mol. The van der Waals surface area contributed by atoms with E-state index in [4.69, 9.17) is 37.0 Å². The van der Waals surface area contributed by atoms with Crippen molar-refractivity contribution in [2.24, 2.45) is 23.7 Å². The van der Waals surface area contributed by atoms with E-state index in [9.17, 15) is 43.2 Å². The van der Waals surface area contributed by atoms with Crippen molar-refractivity contribution in [3.8, 4) is 0 Å². The lowest BCUT2D eigenvalue weighted by Crippen LogP contribution is -2.30. The lowest BCUT2D eigenvalue weighted by molar-refractivity contribution is -0.161. The topological polar surface area (TPSA) is 237 Å². The number of carbonyl (C=O) groups excluding carboxylic acids is 4. The summed E-state index contributed by atoms with van der Waals surface area (Å²) in [4.78, 5) is 72.5. The molecule has 4 unspecified atom stereocenters. The van der Waals surface area contributed by atoms with E-state index in [0.29, 0.717) is 31.6 Å². The van der Waals surface area contributed by atoms with Gasteiger partial charge in [0.25, 0.3) is 0 Å². The Balaban J connectivity index is 5.22. The predicted molar refractivity (Wildman–Crippen MR) is 363 cm³/mol. The van der Waals surface area contributed by atoms with Crippen LogP contribution in [0, 0.1) is 23.7 Å². The second kappa shape index (κ2) is 60.7. The summed E-state index contributed by atoms with van der Waals surface area (Å²) in [5.41, 5.74) is 0. The van der Waals surface area contributed by atoms with Crippen molar-refractivity contribution in [3.05, 3.63) is 0 Å². The van der Waals surface area contributed by atoms with E-state index in [-0.39, 0.29) is 25.7 Å². The summed E-state index contributed by atoms with van der Waals surface area (Å²) in [7, 11) is -9.90. The molecule has 0 aliphatic rings. The third-order valence-corrected chi connectivity index (χ3v) is 18.9. The van der Waals surface area contributed by atoms with Crippen LogP contribution in [0.3, 0.4) is 0 Å². The molecule has 0 saturated heterocycles. The van der Waals surface area contributed by atoms with Crippen molar-refractivity contribution in [3.63, 3.8) is 0 Å². The highest BCUT2D eigenvalue weighted by atomic mass is 31.2. The second-order valence-corrected chi connectivity index (χ2v) is 30.0. The first-order chi connectivity index (χ1) is 43.2. The summed E-state index contributed by atoms with van der Waals surface area (Å²) in [6.07, 6.45) is 43.2. The fourth-order valence-electron chi connectivity index (χ4n) is 10.6. The van der Waals surface area contributed by atoms with Gasteiger partial charge in [-0.25, -0.2) is 9.13 Å². The molecule has 0 saturated carbocycles. The van der Waals surface area contributed by atoms with Crippen LogP contribution in [0.2, 0.25) is 0 Å². The Morgan fingerprint density at radius 1 is 0.311 bits per heavy atom. The summed E-state index contributed by atoms with van der Waals surface area (Å²) in [5, 5.41) is 10.6. The molecular weight excluding hydrogens is 1190 g/mol. The minimum atomic E-state index is -4.95. The number of ether oxygens (including phenoxy) is 4. The molecule has 0 aromatic carbocycles. The molecule has 0 aromatic rings. The maximum Gasteiger partial charge on any atom is 0.472 e. The molecule has 0 aliphatic heterocycles. The number of hydrogen-bond donors (Lipinski definition) is 3. The number of carbonyl (C=O) groups is 4. The lowest BCUT2D eigenvalue weighted by atomic mass is 9.99. The highest BCUT2D eigenvalue weighted by Gasteiger charge is 2.30. The van der Waals surface area contributed by atoms with Crippen molar-refractivity contribution in [1.82, 2.24) is 0 Å². The molecular formula is C71H138O17P2. The number of hydrogen-bond acceptors (Lipinski definition) is 15. The highest BCUT2D eigenvalue weighted by Crippen LogP contribution is 2.45. The Morgan fingerprint density at radius 2 is 0.533 bits per heavy atom. The van der Waals surface area contributed by atoms with Crippen LogP contribution >= 0.6 is 15.6 Å². The zero-order valence-corrected chi connectivity index (χ0v) is 60.6. The van der Waals surface area contributed by atoms with Crippen LogP contribution in [-0.4, -0.2) is 96.7 Å². The third kappa shape index (κ3) is 62.2. The first-order valence-electron chi connectivity index (χ1n) is 36.8. The molecule has 0 fully saturated rings. The molecule has 0 aliphatic carbocycles. The summed E-state index contributed by atoms with van der Waals surface area (Å²) in [6, 6.07) is 0. The molecule has 0 amide bonds. The van der Waals surface area contributed by atoms with Crippen LogP contribution in [0.4, 0.5) is 0 Å². The third-order valence-electron chi connectivity index (χ3n) is 17.0. The molecule has 19 heteroatoms. The van der Waals surface area contributed by atoms with Gasteiger partial charge in [0.1, 0.15) is 19.3 Å². The maximum absolute atomic E-state index is 13.0. The summed E-state index contributed by atoms with van der Waals surface area (Å²) in [5.74, 6) is 0.877. The Bertz CT molecular complexity index is 1790. The molecule has 7 atom stereocenters. The van der Waals surface area contributed by atoms with Gasteiger partial charge in [0.15, 0.2) is 12.2 Å². The number of unbranched alkanes of at least 4 members (excludes halogenated alkanes) is 32. The van der Waals surface area contributed by atoms with Crippen LogP contribution < -0.4 is 0 Å². The normalized spacial score (nSPS) is 14.9. The van der Waals surface area contributed by atoms with E-state index in [1.54, 1.807) is 0 Å².